The quantitative estimate of drug-likeness (QED) is 0.437. The topological polar surface area (TPSA) is 59.7 Å². The van der Waals surface area contributed by atoms with Gasteiger partial charge in [0.15, 0.2) is 0 Å². The Hall–Kier alpha value is -2.80. The number of hydrogen-bond acceptors (Lipinski definition) is 6. The molecule has 3 aromatic heterocycles. The number of piperidine rings is 1. The van der Waals surface area contributed by atoms with Crippen molar-refractivity contribution in [3.8, 4) is 11.1 Å². The van der Waals surface area contributed by atoms with Gasteiger partial charge in [-0.1, -0.05) is 30.3 Å². The van der Waals surface area contributed by atoms with Crippen molar-refractivity contribution in [3.05, 3.63) is 53.2 Å². The van der Waals surface area contributed by atoms with Gasteiger partial charge in [-0.25, -0.2) is 9.97 Å². The molecule has 1 aliphatic carbocycles. The highest BCUT2D eigenvalue weighted by atomic mass is 32.1. The molecule has 32 heavy (non-hydrogen) atoms. The van der Waals surface area contributed by atoms with E-state index in [4.69, 9.17) is 9.97 Å². The van der Waals surface area contributed by atoms with E-state index in [9.17, 15) is 0 Å². The molecule has 3 aliphatic rings. The Labute approximate surface area is 191 Å². The fourth-order valence-corrected chi connectivity index (χ4v) is 6.33. The number of aromatic nitrogens is 5. The number of benzene rings is 1. The molecule has 7 rings (SSSR count). The summed E-state index contributed by atoms with van der Waals surface area (Å²) >= 11 is 1.76. The van der Waals surface area contributed by atoms with Gasteiger partial charge in [-0.3, -0.25) is 0 Å². The van der Waals surface area contributed by atoms with Crippen molar-refractivity contribution in [2.45, 2.75) is 56.9 Å². The second kappa shape index (κ2) is 7.37. The third-order valence-electron chi connectivity index (χ3n) is 7.18. The highest BCUT2D eigenvalue weighted by Gasteiger charge is 2.33. The summed E-state index contributed by atoms with van der Waals surface area (Å²) in [5.41, 5.74) is 2.50. The van der Waals surface area contributed by atoms with Gasteiger partial charge in [-0.2, -0.15) is 0 Å². The van der Waals surface area contributed by atoms with Crippen LogP contribution in [0.1, 0.15) is 61.4 Å². The van der Waals surface area contributed by atoms with Gasteiger partial charge in [0.2, 0.25) is 0 Å². The Balaban J connectivity index is 1.32. The number of nitrogens with zero attached hydrogens (tertiary/aromatic N) is 6. The molecule has 0 amide bonds. The maximum atomic E-state index is 5.21. The molecule has 0 N–H and O–H groups in total. The first-order chi connectivity index (χ1) is 15.8. The highest BCUT2D eigenvalue weighted by Crippen LogP contribution is 2.44. The summed E-state index contributed by atoms with van der Waals surface area (Å²) < 4.78 is 2.37. The van der Waals surface area contributed by atoms with Crippen molar-refractivity contribution in [3.63, 3.8) is 0 Å². The summed E-state index contributed by atoms with van der Waals surface area (Å²) in [5, 5.41) is 12.6. The molecule has 0 bridgehead atoms. The Bertz CT molecular complexity index is 1290. The van der Waals surface area contributed by atoms with Crippen LogP contribution in [0.25, 0.3) is 21.3 Å². The molecule has 1 saturated carbocycles. The maximum absolute atomic E-state index is 5.21. The van der Waals surface area contributed by atoms with Crippen LogP contribution in [0.3, 0.4) is 0 Å². The van der Waals surface area contributed by atoms with Crippen molar-refractivity contribution in [1.29, 1.82) is 0 Å². The van der Waals surface area contributed by atoms with E-state index in [1.807, 2.05) is 0 Å². The molecule has 7 heteroatoms. The number of anilines is 1. The Morgan fingerprint density at radius 2 is 1.81 bits per heavy atom. The van der Waals surface area contributed by atoms with Gasteiger partial charge >= 0.3 is 0 Å². The molecule has 1 unspecified atom stereocenters. The molecule has 0 radical (unpaired) electrons. The predicted octanol–water partition coefficient (Wildman–Crippen LogP) is 5.16. The van der Waals surface area contributed by atoms with Gasteiger partial charge in [0.05, 0.1) is 5.39 Å². The van der Waals surface area contributed by atoms with Crippen LogP contribution in [0, 0.1) is 0 Å². The van der Waals surface area contributed by atoms with Crippen molar-refractivity contribution in [2.75, 3.05) is 18.0 Å². The summed E-state index contributed by atoms with van der Waals surface area (Å²) in [6, 6.07) is 10.7. The summed E-state index contributed by atoms with van der Waals surface area (Å²) in [6.45, 7) is 3.07. The Kier molecular flexibility index (Phi) is 4.32. The van der Waals surface area contributed by atoms with E-state index in [0.717, 1.165) is 48.9 Å². The maximum Gasteiger partial charge on any atom is 0.141 e. The van der Waals surface area contributed by atoms with Crippen LogP contribution >= 0.6 is 11.3 Å². The summed E-state index contributed by atoms with van der Waals surface area (Å²) in [4.78, 5) is 13.9. The second-order valence-corrected chi connectivity index (χ2v) is 10.2. The number of hydrogen-bond donors (Lipinski definition) is 0. The van der Waals surface area contributed by atoms with Crippen LogP contribution in [0.5, 0.6) is 0 Å². The van der Waals surface area contributed by atoms with Crippen molar-refractivity contribution < 1.29 is 0 Å². The Morgan fingerprint density at radius 1 is 0.906 bits per heavy atom. The van der Waals surface area contributed by atoms with E-state index in [2.05, 4.69) is 55.4 Å². The zero-order valence-corrected chi connectivity index (χ0v) is 18.9. The van der Waals surface area contributed by atoms with Crippen LogP contribution in [0.2, 0.25) is 0 Å². The summed E-state index contributed by atoms with van der Waals surface area (Å²) in [5.74, 6) is 5.48. The van der Waals surface area contributed by atoms with Gasteiger partial charge in [0.1, 0.15) is 28.1 Å². The molecule has 2 fully saturated rings. The number of aryl methyl sites for hydroxylation is 1. The molecule has 162 valence electrons. The average Bonchev–Trinajstić information content (AvgIpc) is 3.24. The van der Waals surface area contributed by atoms with Crippen LogP contribution in [0.4, 0.5) is 5.82 Å². The highest BCUT2D eigenvalue weighted by molar-refractivity contribution is 7.17. The van der Waals surface area contributed by atoms with Crippen LogP contribution in [-0.2, 0) is 13.0 Å². The lowest BCUT2D eigenvalue weighted by molar-refractivity contribution is 0.471. The van der Waals surface area contributed by atoms with E-state index < -0.39 is 0 Å². The standard InChI is InChI=1S/C25H26N6S/c1-2-6-16(7-3-1)19-15-32-25-21(19)24(26-22(27-25)17-10-11-17)30-12-4-8-18(14-30)23-29-28-20-9-5-13-31(20)23/h1-3,6-7,15,17-18H,4-5,8-14H2. The number of fused-ring (bicyclic) bond motifs is 2. The van der Waals surface area contributed by atoms with E-state index in [0.29, 0.717) is 11.8 Å². The SMILES string of the molecule is c1ccc(-c2csc3nc(C4CC4)nc(N4CCCC(c5nnc6n5CCC6)C4)c23)cc1. The lowest BCUT2D eigenvalue weighted by atomic mass is 9.96. The van der Waals surface area contributed by atoms with Crippen LogP contribution < -0.4 is 4.90 Å². The van der Waals surface area contributed by atoms with Crippen molar-refractivity contribution >= 4 is 27.4 Å². The zero-order chi connectivity index (χ0) is 21.1. The lowest BCUT2D eigenvalue weighted by Gasteiger charge is -2.34. The summed E-state index contributed by atoms with van der Waals surface area (Å²) in [7, 11) is 0. The molecule has 1 aromatic carbocycles. The van der Waals surface area contributed by atoms with E-state index in [-0.39, 0.29) is 0 Å². The fourth-order valence-electron chi connectivity index (χ4n) is 5.38. The molecular formula is C25H26N6S. The van der Waals surface area contributed by atoms with Gasteiger partial charge in [-0.05, 0) is 37.7 Å². The molecule has 6 nitrogen and oxygen atoms in total. The minimum absolute atomic E-state index is 0.413. The normalized spacial score (nSPS) is 20.8. The first-order valence-corrected chi connectivity index (χ1v) is 12.7. The largest absolute Gasteiger partial charge is 0.355 e. The molecule has 1 saturated heterocycles. The third kappa shape index (κ3) is 3.05. The molecule has 2 aliphatic heterocycles. The summed E-state index contributed by atoms with van der Waals surface area (Å²) in [6.07, 6.45) is 7.03. The van der Waals surface area contributed by atoms with E-state index in [1.165, 1.54) is 53.8 Å². The van der Waals surface area contributed by atoms with Gasteiger partial charge in [-0.15, -0.1) is 21.5 Å². The van der Waals surface area contributed by atoms with Gasteiger partial charge in [0.25, 0.3) is 0 Å². The average molecular weight is 443 g/mol. The minimum Gasteiger partial charge on any atom is -0.355 e. The number of rotatable bonds is 4. The van der Waals surface area contributed by atoms with Crippen LogP contribution in [0.15, 0.2) is 35.7 Å². The van der Waals surface area contributed by atoms with E-state index >= 15 is 0 Å². The molecule has 4 aromatic rings. The first kappa shape index (κ1) is 18.7. The second-order valence-electron chi connectivity index (χ2n) is 9.39. The lowest BCUT2D eigenvalue weighted by Crippen LogP contribution is -2.36. The molecule has 5 heterocycles. The smallest absolute Gasteiger partial charge is 0.141 e. The Morgan fingerprint density at radius 3 is 2.69 bits per heavy atom. The third-order valence-corrected chi connectivity index (χ3v) is 8.06. The first-order valence-electron chi connectivity index (χ1n) is 11.9. The minimum atomic E-state index is 0.413. The van der Waals surface area contributed by atoms with Gasteiger partial charge < -0.3 is 9.47 Å². The monoisotopic (exact) mass is 442 g/mol. The van der Waals surface area contributed by atoms with Gasteiger partial charge in [0, 0.05) is 48.8 Å². The molecule has 1 atom stereocenters. The predicted molar refractivity (Wildman–Crippen MR) is 127 cm³/mol. The fraction of sp³-hybridized carbons (Fsp3) is 0.440. The van der Waals surface area contributed by atoms with Crippen molar-refractivity contribution in [2.24, 2.45) is 0 Å². The van der Waals surface area contributed by atoms with Crippen LogP contribution in [-0.4, -0.2) is 37.8 Å². The molecule has 0 spiro atoms. The zero-order valence-electron chi connectivity index (χ0n) is 18.1. The van der Waals surface area contributed by atoms with E-state index in [1.54, 1.807) is 11.3 Å². The molecular weight excluding hydrogens is 416 g/mol. The number of thiophene rings is 1. The van der Waals surface area contributed by atoms with Crippen molar-refractivity contribution in [1.82, 2.24) is 24.7 Å².